The Morgan fingerprint density at radius 1 is 1.30 bits per heavy atom. The molecule has 20 heavy (non-hydrogen) atoms. The zero-order chi connectivity index (χ0) is 14.0. The van der Waals surface area contributed by atoms with E-state index in [1.807, 2.05) is 6.07 Å². The van der Waals surface area contributed by atoms with Gasteiger partial charge in [0, 0.05) is 22.4 Å². The molecule has 1 saturated carbocycles. The molecule has 102 valence electrons. The van der Waals surface area contributed by atoms with E-state index in [-0.39, 0.29) is 0 Å². The molecule has 3 rings (SSSR count). The average molecular weight is 333 g/mol. The summed E-state index contributed by atoms with van der Waals surface area (Å²) in [6.07, 6.45) is 8.18. The first kappa shape index (κ1) is 13.3. The van der Waals surface area contributed by atoms with Gasteiger partial charge in [0.2, 0.25) is 11.7 Å². The normalized spacial score (nSPS) is 17.6. The number of rotatable bonds is 2. The lowest BCUT2D eigenvalue weighted by atomic mass is 9.75. The van der Waals surface area contributed by atoms with E-state index in [0.717, 1.165) is 35.7 Å². The summed E-state index contributed by atoms with van der Waals surface area (Å²) >= 11 is 3.42. The highest BCUT2D eigenvalue weighted by atomic mass is 79.9. The molecule has 5 nitrogen and oxygen atoms in total. The fourth-order valence-electron chi connectivity index (χ4n) is 2.61. The van der Waals surface area contributed by atoms with Gasteiger partial charge in [-0.05, 0) is 34.8 Å². The summed E-state index contributed by atoms with van der Waals surface area (Å²) in [5.41, 5.74) is 0.210. The van der Waals surface area contributed by atoms with Gasteiger partial charge in [-0.3, -0.25) is 4.98 Å². The lowest BCUT2D eigenvalue weighted by Crippen LogP contribution is -2.27. The number of nitriles is 1. The zero-order valence-electron chi connectivity index (χ0n) is 10.8. The van der Waals surface area contributed by atoms with Crippen molar-refractivity contribution < 1.29 is 4.52 Å². The second kappa shape index (κ2) is 5.33. The molecule has 0 bridgehead atoms. The van der Waals surface area contributed by atoms with Crippen LogP contribution in [0.25, 0.3) is 11.4 Å². The van der Waals surface area contributed by atoms with Crippen LogP contribution in [0.3, 0.4) is 0 Å². The van der Waals surface area contributed by atoms with E-state index < -0.39 is 5.41 Å². The second-order valence-corrected chi connectivity index (χ2v) is 5.89. The van der Waals surface area contributed by atoms with Crippen LogP contribution in [0.15, 0.2) is 27.5 Å². The largest absolute Gasteiger partial charge is 0.337 e. The van der Waals surface area contributed by atoms with Gasteiger partial charge in [0.1, 0.15) is 5.41 Å². The molecule has 6 heteroatoms. The molecule has 1 fully saturated rings. The van der Waals surface area contributed by atoms with Crippen molar-refractivity contribution in [2.75, 3.05) is 0 Å². The fraction of sp³-hybridized carbons (Fsp3) is 0.429. The van der Waals surface area contributed by atoms with Crippen LogP contribution in [-0.2, 0) is 5.41 Å². The van der Waals surface area contributed by atoms with E-state index in [1.165, 1.54) is 6.42 Å². The van der Waals surface area contributed by atoms with Gasteiger partial charge in [0.15, 0.2) is 0 Å². The maximum atomic E-state index is 9.53. The zero-order valence-corrected chi connectivity index (χ0v) is 12.4. The van der Waals surface area contributed by atoms with Gasteiger partial charge in [-0.15, -0.1) is 0 Å². The Balaban J connectivity index is 1.98. The van der Waals surface area contributed by atoms with Crippen molar-refractivity contribution in [3.05, 3.63) is 28.8 Å². The van der Waals surface area contributed by atoms with Gasteiger partial charge >= 0.3 is 0 Å². The minimum atomic E-state index is -0.608. The predicted molar refractivity (Wildman–Crippen MR) is 75.6 cm³/mol. The highest BCUT2D eigenvalue weighted by Gasteiger charge is 2.39. The SMILES string of the molecule is N#CC1(c2nc(-c3ccncc3Br)no2)CCCCC1. The van der Waals surface area contributed by atoms with E-state index in [1.54, 1.807) is 12.4 Å². The Morgan fingerprint density at radius 2 is 2.10 bits per heavy atom. The van der Waals surface area contributed by atoms with Crippen LogP contribution in [0.1, 0.15) is 38.0 Å². The maximum absolute atomic E-state index is 9.53. The van der Waals surface area contributed by atoms with E-state index in [2.05, 4.69) is 37.1 Å². The topological polar surface area (TPSA) is 75.6 Å². The standard InChI is InChI=1S/C14H13BrN4O/c15-11-8-17-7-4-10(11)12-18-13(20-19-12)14(9-16)5-2-1-3-6-14/h4,7-8H,1-3,5-6H2. The molecule has 0 radical (unpaired) electrons. The predicted octanol–water partition coefficient (Wildman–Crippen LogP) is 3.62. The molecule has 0 aromatic carbocycles. The lowest BCUT2D eigenvalue weighted by molar-refractivity contribution is 0.264. The Morgan fingerprint density at radius 3 is 2.80 bits per heavy atom. The molecule has 0 N–H and O–H groups in total. The summed E-state index contributed by atoms with van der Waals surface area (Å²) in [6, 6.07) is 4.21. The molecule has 0 amide bonds. The number of hydrogen-bond donors (Lipinski definition) is 0. The van der Waals surface area contributed by atoms with Crippen molar-refractivity contribution in [3.8, 4) is 17.5 Å². The number of aromatic nitrogens is 3. The maximum Gasteiger partial charge on any atom is 0.247 e. The first-order valence-corrected chi connectivity index (χ1v) is 7.40. The van der Waals surface area contributed by atoms with E-state index in [4.69, 9.17) is 4.52 Å². The van der Waals surface area contributed by atoms with Crippen LogP contribution < -0.4 is 0 Å². The second-order valence-electron chi connectivity index (χ2n) is 5.03. The monoisotopic (exact) mass is 332 g/mol. The van der Waals surface area contributed by atoms with E-state index in [9.17, 15) is 5.26 Å². The van der Waals surface area contributed by atoms with Gasteiger partial charge in [-0.1, -0.05) is 24.4 Å². The first-order chi connectivity index (χ1) is 9.75. The highest BCUT2D eigenvalue weighted by molar-refractivity contribution is 9.10. The van der Waals surface area contributed by atoms with Gasteiger partial charge in [-0.25, -0.2) is 0 Å². The molecule has 0 spiro atoms. The molecule has 1 aliphatic carbocycles. The lowest BCUT2D eigenvalue weighted by Gasteiger charge is -2.26. The van der Waals surface area contributed by atoms with Crippen molar-refractivity contribution >= 4 is 15.9 Å². The summed E-state index contributed by atoms with van der Waals surface area (Å²) in [6.45, 7) is 0. The Hall–Kier alpha value is -1.74. The quantitative estimate of drug-likeness (QED) is 0.839. The molecule has 2 aromatic rings. The van der Waals surface area contributed by atoms with E-state index in [0.29, 0.717) is 11.7 Å². The summed E-state index contributed by atoms with van der Waals surface area (Å²) in [5, 5.41) is 13.6. The third kappa shape index (κ3) is 2.22. The van der Waals surface area contributed by atoms with Gasteiger partial charge < -0.3 is 4.52 Å². The molecular weight excluding hydrogens is 320 g/mol. The van der Waals surface area contributed by atoms with E-state index >= 15 is 0 Å². The molecule has 0 atom stereocenters. The molecule has 0 unspecified atom stereocenters. The van der Waals surface area contributed by atoms with Crippen molar-refractivity contribution in [3.63, 3.8) is 0 Å². The highest BCUT2D eigenvalue weighted by Crippen LogP contribution is 2.39. The van der Waals surface area contributed by atoms with Crippen molar-refractivity contribution in [2.45, 2.75) is 37.5 Å². The van der Waals surface area contributed by atoms with Crippen LogP contribution >= 0.6 is 15.9 Å². The first-order valence-electron chi connectivity index (χ1n) is 6.60. The Kier molecular flexibility index (Phi) is 3.53. The minimum Gasteiger partial charge on any atom is -0.337 e. The minimum absolute atomic E-state index is 0.443. The Bertz CT molecular complexity index is 655. The molecule has 2 aromatic heterocycles. The third-order valence-corrected chi connectivity index (χ3v) is 4.40. The van der Waals surface area contributed by atoms with Crippen LogP contribution in [0.5, 0.6) is 0 Å². The summed E-state index contributed by atoms with van der Waals surface area (Å²) in [5.74, 6) is 0.938. The molecular formula is C14H13BrN4O. The van der Waals surface area contributed by atoms with Gasteiger partial charge in [0.25, 0.3) is 0 Å². The summed E-state index contributed by atoms with van der Waals surface area (Å²) < 4.78 is 6.19. The fourth-order valence-corrected chi connectivity index (χ4v) is 3.04. The Labute approximate surface area is 125 Å². The van der Waals surface area contributed by atoms with Crippen LogP contribution in [-0.4, -0.2) is 15.1 Å². The van der Waals surface area contributed by atoms with Crippen LogP contribution in [0, 0.1) is 11.3 Å². The van der Waals surface area contributed by atoms with Gasteiger partial charge in [-0.2, -0.15) is 10.2 Å². The molecule has 1 aliphatic rings. The molecule has 2 heterocycles. The number of halogens is 1. The summed E-state index contributed by atoms with van der Waals surface area (Å²) in [4.78, 5) is 8.46. The molecule has 0 saturated heterocycles. The third-order valence-electron chi connectivity index (χ3n) is 3.77. The van der Waals surface area contributed by atoms with Crippen molar-refractivity contribution in [1.82, 2.24) is 15.1 Å². The summed E-state index contributed by atoms with van der Waals surface area (Å²) in [7, 11) is 0. The van der Waals surface area contributed by atoms with Crippen LogP contribution in [0.4, 0.5) is 0 Å². The number of hydrogen-bond acceptors (Lipinski definition) is 5. The smallest absolute Gasteiger partial charge is 0.247 e. The molecule has 0 aliphatic heterocycles. The number of pyridine rings is 1. The van der Waals surface area contributed by atoms with Crippen LogP contribution in [0.2, 0.25) is 0 Å². The van der Waals surface area contributed by atoms with Gasteiger partial charge in [0.05, 0.1) is 6.07 Å². The average Bonchev–Trinajstić information content (AvgIpc) is 2.98. The number of nitrogens with zero attached hydrogens (tertiary/aromatic N) is 4. The van der Waals surface area contributed by atoms with Crippen molar-refractivity contribution in [2.24, 2.45) is 0 Å². The van der Waals surface area contributed by atoms with Crippen molar-refractivity contribution in [1.29, 1.82) is 5.26 Å².